The van der Waals surface area contributed by atoms with Crippen molar-refractivity contribution in [1.29, 1.82) is 0 Å². The van der Waals surface area contributed by atoms with Gasteiger partial charge in [-0.25, -0.2) is 9.97 Å². The van der Waals surface area contributed by atoms with Crippen LogP contribution in [0.2, 0.25) is 0 Å². The summed E-state index contributed by atoms with van der Waals surface area (Å²) in [5.41, 5.74) is 1.83. The Morgan fingerprint density at radius 3 is 2.43 bits per heavy atom. The number of rotatable bonds is 6. The Labute approximate surface area is 124 Å². The second-order valence-electron chi connectivity index (χ2n) is 5.07. The van der Waals surface area contributed by atoms with Gasteiger partial charge in [0.05, 0.1) is 6.10 Å². The van der Waals surface area contributed by atoms with Gasteiger partial charge in [-0.05, 0) is 50.5 Å². The summed E-state index contributed by atoms with van der Waals surface area (Å²) in [6.07, 6.45) is 10.1. The molecule has 2 aromatic rings. The highest BCUT2D eigenvalue weighted by Crippen LogP contribution is 2.18. The van der Waals surface area contributed by atoms with Crippen LogP contribution in [0.4, 0.5) is 0 Å². The van der Waals surface area contributed by atoms with Gasteiger partial charge in [-0.3, -0.25) is 0 Å². The van der Waals surface area contributed by atoms with Gasteiger partial charge in [0.15, 0.2) is 5.82 Å². The van der Waals surface area contributed by atoms with Crippen LogP contribution in [-0.4, -0.2) is 26.3 Å². The highest BCUT2D eigenvalue weighted by atomic mass is 16.3. The van der Waals surface area contributed by atoms with Gasteiger partial charge < -0.3 is 10.2 Å². The van der Waals surface area contributed by atoms with Crippen LogP contribution < -0.4 is 0 Å². The SMILES string of the molecule is CC(O)CCCC=Cc1cnc(-c2ccc(O)cc2)nc1. The van der Waals surface area contributed by atoms with E-state index in [1.807, 2.05) is 6.08 Å². The Bertz CT molecular complexity index is 575. The number of aliphatic hydroxyl groups excluding tert-OH is 1. The average Bonchev–Trinajstić information content (AvgIpc) is 2.48. The van der Waals surface area contributed by atoms with Gasteiger partial charge in [0, 0.05) is 23.5 Å². The van der Waals surface area contributed by atoms with Crippen molar-refractivity contribution < 1.29 is 10.2 Å². The highest BCUT2D eigenvalue weighted by molar-refractivity contribution is 5.57. The molecule has 0 aliphatic heterocycles. The van der Waals surface area contributed by atoms with Crippen molar-refractivity contribution in [2.24, 2.45) is 0 Å². The van der Waals surface area contributed by atoms with Gasteiger partial charge in [0.2, 0.25) is 0 Å². The summed E-state index contributed by atoms with van der Waals surface area (Å²) in [5.74, 6) is 0.872. The number of aromatic nitrogens is 2. The molecule has 0 spiro atoms. The van der Waals surface area contributed by atoms with Gasteiger partial charge in [-0.1, -0.05) is 12.2 Å². The van der Waals surface area contributed by atoms with Crippen LogP contribution in [0.25, 0.3) is 17.5 Å². The molecule has 110 valence electrons. The Morgan fingerprint density at radius 2 is 1.81 bits per heavy atom. The minimum Gasteiger partial charge on any atom is -0.508 e. The predicted octanol–water partition coefficient (Wildman–Crippen LogP) is 3.41. The van der Waals surface area contributed by atoms with Gasteiger partial charge in [-0.15, -0.1) is 0 Å². The molecule has 1 aromatic heterocycles. The van der Waals surface area contributed by atoms with Crippen LogP contribution in [0.5, 0.6) is 5.75 Å². The second kappa shape index (κ2) is 7.55. The molecular formula is C17H20N2O2. The van der Waals surface area contributed by atoms with E-state index in [2.05, 4.69) is 16.0 Å². The first-order valence-corrected chi connectivity index (χ1v) is 7.11. The minimum atomic E-state index is -0.230. The van der Waals surface area contributed by atoms with Crippen molar-refractivity contribution in [3.63, 3.8) is 0 Å². The zero-order chi connectivity index (χ0) is 15.1. The third-order valence-electron chi connectivity index (χ3n) is 3.10. The normalized spacial score (nSPS) is 12.7. The summed E-state index contributed by atoms with van der Waals surface area (Å²) in [6, 6.07) is 6.82. The van der Waals surface area contributed by atoms with E-state index in [0.717, 1.165) is 30.4 Å². The van der Waals surface area contributed by atoms with Crippen LogP contribution in [0, 0.1) is 0 Å². The molecule has 0 saturated carbocycles. The smallest absolute Gasteiger partial charge is 0.159 e. The first-order chi connectivity index (χ1) is 10.1. The van der Waals surface area contributed by atoms with Crippen molar-refractivity contribution in [3.05, 3.63) is 48.3 Å². The summed E-state index contributed by atoms with van der Waals surface area (Å²) in [7, 11) is 0. The van der Waals surface area contributed by atoms with Crippen LogP contribution in [0.3, 0.4) is 0 Å². The van der Waals surface area contributed by atoms with E-state index in [-0.39, 0.29) is 11.9 Å². The second-order valence-corrected chi connectivity index (χ2v) is 5.07. The maximum absolute atomic E-state index is 9.26. The van der Waals surface area contributed by atoms with E-state index in [0.29, 0.717) is 5.82 Å². The molecule has 2 N–H and O–H groups in total. The van der Waals surface area contributed by atoms with Gasteiger partial charge in [0.25, 0.3) is 0 Å². The number of unbranched alkanes of at least 4 members (excludes halogenated alkanes) is 1. The molecule has 21 heavy (non-hydrogen) atoms. The summed E-state index contributed by atoms with van der Waals surface area (Å²) >= 11 is 0. The van der Waals surface area contributed by atoms with Gasteiger partial charge in [0.1, 0.15) is 5.75 Å². The molecule has 4 heteroatoms. The Kier molecular flexibility index (Phi) is 5.46. The number of aliphatic hydroxyl groups is 1. The van der Waals surface area contributed by atoms with E-state index in [1.165, 1.54) is 0 Å². The molecule has 0 bridgehead atoms. The summed E-state index contributed by atoms with van der Waals surface area (Å²) in [5, 5.41) is 18.4. The lowest BCUT2D eigenvalue weighted by molar-refractivity contribution is 0.182. The third-order valence-corrected chi connectivity index (χ3v) is 3.10. The van der Waals surface area contributed by atoms with Gasteiger partial charge in [-0.2, -0.15) is 0 Å². The van der Waals surface area contributed by atoms with E-state index in [4.69, 9.17) is 5.11 Å². The van der Waals surface area contributed by atoms with E-state index < -0.39 is 0 Å². The number of allylic oxidation sites excluding steroid dienone is 1. The van der Waals surface area contributed by atoms with Crippen molar-refractivity contribution in [3.8, 4) is 17.1 Å². The number of benzene rings is 1. The largest absolute Gasteiger partial charge is 0.508 e. The Morgan fingerprint density at radius 1 is 1.14 bits per heavy atom. The van der Waals surface area contributed by atoms with Crippen LogP contribution in [-0.2, 0) is 0 Å². The standard InChI is InChI=1S/C17H20N2O2/c1-13(20)5-3-2-4-6-14-11-18-17(19-12-14)15-7-9-16(21)10-8-15/h4,6-13,20-21H,2-3,5H2,1H3. The lowest BCUT2D eigenvalue weighted by Crippen LogP contribution is -1.97. The zero-order valence-corrected chi connectivity index (χ0v) is 12.1. The van der Waals surface area contributed by atoms with Crippen LogP contribution in [0.1, 0.15) is 31.7 Å². The zero-order valence-electron chi connectivity index (χ0n) is 12.1. The van der Waals surface area contributed by atoms with E-state index in [9.17, 15) is 5.11 Å². The predicted molar refractivity (Wildman–Crippen MR) is 83.7 cm³/mol. The summed E-state index contributed by atoms with van der Waals surface area (Å²) in [4.78, 5) is 8.64. The molecule has 1 atom stereocenters. The molecule has 0 aliphatic rings. The van der Waals surface area contributed by atoms with Crippen molar-refractivity contribution >= 4 is 6.08 Å². The van der Waals surface area contributed by atoms with Gasteiger partial charge >= 0.3 is 0 Å². The molecule has 0 amide bonds. The molecule has 1 unspecified atom stereocenters. The lowest BCUT2D eigenvalue weighted by Gasteiger charge is -2.01. The molecule has 0 radical (unpaired) electrons. The molecule has 4 nitrogen and oxygen atoms in total. The van der Waals surface area contributed by atoms with Crippen LogP contribution >= 0.6 is 0 Å². The maximum Gasteiger partial charge on any atom is 0.159 e. The Balaban J connectivity index is 1.92. The number of phenols is 1. The lowest BCUT2D eigenvalue weighted by atomic mass is 10.1. The summed E-state index contributed by atoms with van der Waals surface area (Å²) in [6.45, 7) is 1.81. The fraction of sp³-hybridized carbons (Fsp3) is 0.294. The average molecular weight is 284 g/mol. The van der Waals surface area contributed by atoms with E-state index >= 15 is 0 Å². The number of aromatic hydroxyl groups is 1. The topological polar surface area (TPSA) is 66.2 Å². The maximum atomic E-state index is 9.26. The van der Waals surface area contributed by atoms with E-state index in [1.54, 1.807) is 43.6 Å². The summed E-state index contributed by atoms with van der Waals surface area (Å²) < 4.78 is 0. The molecule has 1 heterocycles. The number of nitrogens with zero attached hydrogens (tertiary/aromatic N) is 2. The first kappa shape index (κ1) is 15.2. The number of hydrogen-bond acceptors (Lipinski definition) is 4. The van der Waals surface area contributed by atoms with Crippen molar-refractivity contribution in [1.82, 2.24) is 9.97 Å². The molecule has 2 rings (SSSR count). The number of phenolic OH excluding ortho intramolecular Hbond substituents is 1. The number of hydrogen-bond donors (Lipinski definition) is 2. The fourth-order valence-corrected chi connectivity index (χ4v) is 1.93. The first-order valence-electron chi connectivity index (χ1n) is 7.11. The molecular weight excluding hydrogens is 264 g/mol. The van der Waals surface area contributed by atoms with Crippen molar-refractivity contribution in [2.45, 2.75) is 32.3 Å². The molecule has 0 fully saturated rings. The highest BCUT2D eigenvalue weighted by Gasteiger charge is 2.00. The third kappa shape index (κ3) is 5.00. The quantitative estimate of drug-likeness (QED) is 0.798. The molecule has 0 saturated heterocycles. The Hall–Kier alpha value is -2.20. The van der Waals surface area contributed by atoms with Crippen molar-refractivity contribution in [2.75, 3.05) is 0 Å². The fourth-order valence-electron chi connectivity index (χ4n) is 1.93. The minimum absolute atomic E-state index is 0.230. The monoisotopic (exact) mass is 284 g/mol. The van der Waals surface area contributed by atoms with Crippen LogP contribution in [0.15, 0.2) is 42.7 Å². The molecule has 0 aliphatic carbocycles. The molecule has 1 aromatic carbocycles.